The quantitative estimate of drug-likeness (QED) is 0.573. The molecule has 0 saturated carbocycles. The smallest absolute Gasteiger partial charge is 0.242 e. The molecule has 0 unspecified atom stereocenters. The highest BCUT2D eigenvalue weighted by Crippen LogP contribution is 2.25. The molecule has 1 atom stereocenters. The van der Waals surface area contributed by atoms with E-state index in [1.165, 1.54) is 4.31 Å². The number of benzene rings is 2. The fourth-order valence-corrected chi connectivity index (χ4v) is 5.67. The lowest BCUT2D eigenvalue weighted by Gasteiger charge is -2.33. The maximum Gasteiger partial charge on any atom is 0.242 e. The van der Waals surface area contributed by atoms with E-state index >= 15 is 0 Å². The van der Waals surface area contributed by atoms with E-state index in [0.717, 1.165) is 44.5 Å². The van der Waals surface area contributed by atoms with Crippen molar-refractivity contribution >= 4 is 15.9 Å². The predicted octanol–water partition coefficient (Wildman–Crippen LogP) is 3.72. The Balaban J connectivity index is 1.61. The van der Waals surface area contributed by atoms with E-state index in [-0.39, 0.29) is 23.8 Å². The number of carbonyl (C=O) groups excluding carboxylic acids is 1. The standard InChI is InChI=1S/C26H37N3O3S/c1-21(2)27-26(30)23-14-17-29(18-15-23)19-16-24(22-10-6-4-7-11-22)20-28(3)33(31,32)25-12-8-5-9-13-25/h4-13,21,23-24H,14-20H2,1-3H3,(H,27,30)/t24-/m0/s1. The second kappa shape index (κ2) is 11.8. The van der Waals surface area contributed by atoms with Gasteiger partial charge in [0.05, 0.1) is 4.90 Å². The lowest BCUT2D eigenvalue weighted by molar-refractivity contribution is -0.126. The molecular formula is C26H37N3O3S. The third kappa shape index (κ3) is 7.13. The first-order chi connectivity index (χ1) is 15.8. The maximum atomic E-state index is 13.1. The number of hydrogen-bond donors (Lipinski definition) is 1. The van der Waals surface area contributed by atoms with Gasteiger partial charge in [0.1, 0.15) is 0 Å². The van der Waals surface area contributed by atoms with Gasteiger partial charge in [-0.1, -0.05) is 48.5 Å². The van der Waals surface area contributed by atoms with Crippen LogP contribution in [0.15, 0.2) is 65.6 Å². The van der Waals surface area contributed by atoms with Crippen LogP contribution in [0.25, 0.3) is 0 Å². The molecule has 0 aromatic heterocycles. The van der Waals surface area contributed by atoms with E-state index in [1.807, 2.05) is 38.1 Å². The van der Waals surface area contributed by atoms with Gasteiger partial charge in [-0.2, -0.15) is 0 Å². The Kier molecular flexibility index (Phi) is 9.06. The lowest BCUT2D eigenvalue weighted by atomic mass is 9.93. The molecule has 3 rings (SSSR count). The Morgan fingerprint density at radius 2 is 1.61 bits per heavy atom. The Morgan fingerprint density at radius 1 is 1.03 bits per heavy atom. The van der Waals surface area contributed by atoms with Gasteiger partial charge >= 0.3 is 0 Å². The first kappa shape index (κ1) is 25.4. The molecule has 1 heterocycles. The third-order valence-electron chi connectivity index (χ3n) is 6.38. The highest BCUT2D eigenvalue weighted by atomic mass is 32.2. The van der Waals surface area contributed by atoms with Crippen molar-refractivity contribution in [3.05, 3.63) is 66.2 Å². The van der Waals surface area contributed by atoms with Crippen molar-refractivity contribution in [2.24, 2.45) is 5.92 Å². The number of hydrogen-bond acceptors (Lipinski definition) is 4. The van der Waals surface area contributed by atoms with E-state index in [1.54, 1.807) is 31.3 Å². The molecule has 0 spiro atoms. The molecule has 1 amide bonds. The second-order valence-corrected chi connectivity index (χ2v) is 11.3. The highest BCUT2D eigenvalue weighted by Gasteiger charge is 2.27. The van der Waals surface area contributed by atoms with Crippen LogP contribution in [0.1, 0.15) is 44.6 Å². The number of likely N-dealkylation sites (tertiary alicyclic amines) is 1. The number of rotatable bonds is 10. The van der Waals surface area contributed by atoms with Gasteiger partial charge in [0.15, 0.2) is 0 Å². The highest BCUT2D eigenvalue weighted by molar-refractivity contribution is 7.89. The van der Waals surface area contributed by atoms with Gasteiger partial charge in [-0.05, 0) is 76.4 Å². The second-order valence-electron chi connectivity index (χ2n) is 9.27. The summed E-state index contributed by atoms with van der Waals surface area (Å²) in [4.78, 5) is 15.0. The molecule has 0 aliphatic carbocycles. The van der Waals surface area contributed by atoms with Gasteiger partial charge < -0.3 is 10.2 Å². The summed E-state index contributed by atoms with van der Waals surface area (Å²) in [7, 11) is -1.87. The molecule has 0 bridgehead atoms. The predicted molar refractivity (Wildman–Crippen MR) is 133 cm³/mol. The molecule has 7 heteroatoms. The molecule has 2 aromatic rings. The summed E-state index contributed by atoms with van der Waals surface area (Å²) in [5, 5.41) is 3.03. The zero-order valence-corrected chi connectivity index (χ0v) is 20.8. The summed E-state index contributed by atoms with van der Waals surface area (Å²) in [5.41, 5.74) is 1.15. The van der Waals surface area contributed by atoms with Crippen LogP contribution in [0, 0.1) is 5.92 Å². The van der Waals surface area contributed by atoms with Crippen molar-refractivity contribution < 1.29 is 13.2 Å². The number of nitrogens with zero attached hydrogens (tertiary/aromatic N) is 2. The molecule has 180 valence electrons. The van der Waals surface area contributed by atoms with Crippen LogP contribution in [-0.4, -0.2) is 62.8 Å². The van der Waals surface area contributed by atoms with Crippen molar-refractivity contribution in [2.75, 3.05) is 33.2 Å². The molecule has 1 aliphatic heterocycles. The fourth-order valence-electron chi connectivity index (χ4n) is 4.43. The van der Waals surface area contributed by atoms with Gasteiger partial charge in [0.2, 0.25) is 15.9 Å². The molecule has 0 radical (unpaired) electrons. The number of piperidine rings is 1. The van der Waals surface area contributed by atoms with Gasteiger partial charge in [-0.25, -0.2) is 12.7 Å². The number of amides is 1. The first-order valence-corrected chi connectivity index (χ1v) is 13.3. The summed E-state index contributed by atoms with van der Waals surface area (Å²) in [6.45, 7) is 7.09. The van der Waals surface area contributed by atoms with E-state index in [2.05, 4.69) is 22.3 Å². The van der Waals surface area contributed by atoms with Crippen LogP contribution >= 0.6 is 0 Å². The van der Waals surface area contributed by atoms with E-state index in [4.69, 9.17) is 0 Å². The molecular weight excluding hydrogens is 434 g/mol. The van der Waals surface area contributed by atoms with Crippen LogP contribution in [0.5, 0.6) is 0 Å². The lowest BCUT2D eigenvalue weighted by Crippen LogP contribution is -2.43. The van der Waals surface area contributed by atoms with E-state index in [9.17, 15) is 13.2 Å². The molecule has 1 N–H and O–H groups in total. The zero-order valence-electron chi connectivity index (χ0n) is 20.0. The van der Waals surface area contributed by atoms with Gasteiger partial charge in [0, 0.05) is 25.6 Å². The van der Waals surface area contributed by atoms with Crippen LogP contribution < -0.4 is 5.32 Å². The first-order valence-electron chi connectivity index (χ1n) is 11.9. The molecule has 33 heavy (non-hydrogen) atoms. The summed E-state index contributed by atoms with van der Waals surface area (Å²) >= 11 is 0. The largest absolute Gasteiger partial charge is 0.354 e. The van der Waals surface area contributed by atoms with Crippen LogP contribution in [0.4, 0.5) is 0 Å². The SMILES string of the molecule is CC(C)NC(=O)C1CCN(CC[C@@H](CN(C)S(=O)(=O)c2ccccc2)c2ccccc2)CC1. The minimum atomic E-state index is -3.54. The molecule has 6 nitrogen and oxygen atoms in total. The summed E-state index contributed by atoms with van der Waals surface area (Å²) in [5.74, 6) is 0.354. The molecule has 1 fully saturated rings. The molecule has 1 saturated heterocycles. The van der Waals surface area contributed by atoms with Gasteiger partial charge in [0.25, 0.3) is 0 Å². The number of sulfonamides is 1. The van der Waals surface area contributed by atoms with E-state index in [0.29, 0.717) is 11.4 Å². The molecule has 1 aliphatic rings. The van der Waals surface area contributed by atoms with Crippen molar-refractivity contribution in [1.29, 1.82) is 0 Å². The minimum absolute atomic E-state index is 0.0933. The fraction of sp³-hybridized carbons (Fsp3) is 0.500. The van der Waals surface area contributed by atoms with Crippen molar-refractivity contribution in [3.63, 3.8) is 0 Å². The normalized spacial score (nSPS) is 16.8. The van der Waals surface area contributed by atoms with E-state index < -0.39 is 10.0 Å². The Bertz CT molecular complexity index is 972. The number of likely N-dealkylation sites (N-methyl/N-ethyl adjacent to an activating group) is 1. The van der Waals surface area contributed by atoms with Crippen LogP contribution in [0.2, 0.25) is 0 Å². The maximum absolute atomic E-state index is 13.1. The topological polar surface area (TPSA) is 69.7 Å². The Hall–Kier alpha value is -2.22. The van der Waals surface area contributed by atoms with Gasteiger partial charge in [-0.3, -0.25) is 4.79 Å². The van der Waals surface area contributed by atoms with Crippen molar-refractivity contribution in [1.82, 2.24) is 14.5 Å². The summed E-state index contributed by atoms with van der Waals surface area (Å²) in [6, 6.07) is 18.9. The Labute approximate surface area is 199 Å². The number of carbonyl (C=O) groups is 1. The van der Waals surface area contributed by atoms with Crippen LogP contribution in [0.3, 0.4) is 0 Å². The van der Waals surface area contributed by atoms with Crippen molar-refractivity contribution in [3.8, 4) is 0 Å². The summed E-state index contributed by atoms with van der Waals surface area (Å²) in [6.07, 6.45) is 2.61. The minimum Gasteiger partial charge on any atom is -0.354 e. The Morgan fingerprint density at radius 3 is 2.18 bits per heavy atom. The molecule has 2 aromatic carbocycles. The third-order valence-corrected chi connectivity index (χ3v) is 8.22. The monoisotopic (exact) mass is 471 g/mol. The zero-order chi connectivity index (χ0) is 23.8. The average Bonchev–Trinajstić information content (AvgIpc) is 2.82. The average molecular weight is 472 g/mol. The summed E-state index contributed by atoms with van der Waals surface area (Å²) < 4.78 is 27.6. The van der Waals surface area contributed by atoms with Crippen molar-refractivity contribution in [2.45, 2.75) is 50.0 Å². The number of nitrogens with one attached hydrogen (secondary N) is 1. The van der Waals surface area contributed by atoms with Gasteiger partial charge in [-0.15, -0.1) is 0 Å². The van der Waals surface area contributed by atoms with Crippen LogP contribution in [-0.2, 0) is 14.8 Å².